The molecule has 0 fully saturated rings. The van der Waals surface area contributed by atoms with Gasteiger partial charge in [-0.2, -0.15) is 0 Å². The Morgan fingerprint density at radius 3 is 2.62 bits per heavy atom. The first-order chi connectivity index (χ1) is 9.70. The molecule has 0 amide bonds. The second-order valence-corrected chi connectivity index (χ2v) is 6.46. The van der Waals surface area contributed by atoms with E-state index in [1.54, 1.807) is 0 Å². The van der Waals surface area contributed by atoms with Gasteiger partial charge in [-0.15, -0.1) is 11.3 Å². The number of benzene rings is 1. The van der Waals surface area contributed by atoms with E-state index in [0.29, 0.717) is 5.13 Å². The summed E-state index contributed by atoms with van der Waals surface area (Å²) in [6, 6.07) is 2.47. The smallest absolute Gasteiger partial charge is 0.340 e. The molecule has 0 aliphatic carbocycles. The van der Waals surface area contributed by atoms with Gasteiger partial charge in [-0.1, -0.05) is 20.8 Å². The van der Waals surface area contributed by atoms with E-state index < -0.39 is 11.8 Å². The van der Waals surface area contributed by atoms with Gasteiger partial charge in [-0.3, -0.25) is 0 Å². The average Bonchev–Trinajstić information content (AvgIpc) is 2.82. The largest absolute Gasteiger partial charge is 0.478 e. The van der Waals surface area contributed by atoms with Crippen molar-refractivity contribution in [2.45, 2.75) is 26.2 Å². The molecule has 0 spiro atoms. The van der Waals surface area contributed by atoms with Crippen molar-refractivity contribution in [3.8, 4) is 0 Å². The van der Waals surface area contributed by atoms with Crippen LogP contribution < -0.4 is 11.1 Å². The summed E-state index contributed by atoms with van der Waals surface area (Å²) in [6.07, 6.45) is 0. The Labute approximate surface area is 125 Å². The topological polar surface area (TPSA) is 88.2 Å². The summed E-state index contributed by atoms with van der Waals surface area (Å²) in [7, 11) is 0. The van der Waals surface area contributed by atoms with Crippen LogP contribution in [0.25, 0.3) is 0 Å². The van der Waals surface area contributed by atoms with Crippen LogP contribution in [0.3, 0.4) is 0 Å². The SMILES string of the molecule is CC(C)(C)c1csc(Nc2ccc(F)c(N)c2C(=O)O)n1. The first-order valence-electron chi connectivity index (χ1n) is 6.24. The molecule has 0 aliphatic rings. The van der Waals surface area contributed by atoms with E-state index in [9.17, 15) is 14.3 Å². The number of rotatable bonds is 3. The number of hydrogen-bond acceptors (Lipinski definition) is 5. The molecule has 7 heteroatoms. The number of thiazole rings is 1. The van der Waals surface area contributed by atoms with Crippen molar-refractivity contribution < 1.29 is 14.3 Å². The van der Waals surface area contributed by atoms with Crippen molar-refractivity contribution in [1.29, 1.82) is 0 Å². The predicted octanol–water partition coefficient (Wildman–Crippen LogP) is 3.60. The van der Waals surface area contributed by atoms with Crippen molar-refractivity contribution in [3.63, 3.8) is 0 Å². The van der Waals surface area contributed by atoms with Gasteiger partial charge in [0, 0.05) is 10.8 Å². The number of halogens is 1. The minimum absolute atomic E-state index is 0.103. The third-order valence-electron chi connectivity index (χ3n) is 2.92. The van der Waals surface area contributed by atoms with Crippen LogP contribution >= 0.6 is 11.3 Å². The number of nitrogens with one attached hydrogen (secondary N) is 1. The molecule has 112 valence electrons. The van der Waals surface area contributed by atoms with Crippen molar-refractivity contribution >= 4 is 33.8 Å². The van der Waals surface area contributed by atoms with Crippen LogP contribution in [0.1, 0.15) is 36.8 Å². The fourth-order valence-electron chi connectivity index (χ4n) is 1.72. The van der Waals surface area contributed by atoms with Crippen LogP contribution in [0.2, 0.25) is 0 Å². The Balaban J connectivity index is 2.38. The first kappa shape index (κ1) is 15.2. The fourth-order valence-corrected chi connectivity index (χ4v) is 2.67. The van der Waals surface area contributed by atoms with E-state index in [2.05, 4.69) is 10.3 Å². The van der Waals surface area contributed by atoms with E-state index in [4.69, 9.17) is 5.73 Å². The lowest BCUT2D eigenvalue weighted by molar-refractivity contribution is 0.0698. The molecule has 5 nitrogen and oxygen atoms in total. The third-order valence-corrected chi connectivity index (χ3v) is 3.68. The molecule has 2 rings (SSSR count). The summed E-state index contributed by atoms with van der Waals surface area (Å²) in [5, 5.41) is 14.5. The average molecular weight is 309 g/mol. The van der Waals surface area contributed by atoms with Crippen molar-refractivity contribution in [1.82, 2.24) is 4.98 Å². The zero-order valence-electron chi connectivity index (χ0n) is 11.9. The number of carbonyl (C=O) groups is 1. The highest BCUT2D eigenvalue weighted by molar-refractivity contribution is 7.13. The van der Waals surface area contributed by atoms with E-state index in [1.165, 1.54) is 17.4 Å². The molecular weight excluding hydrogens is 293 g/mol. The van der Waals surface area contributed by atoms with Crippen LogP contribution in [0.15, 0.2) is 17.5 Å². The number of anilines is 3. The Morgan fingerprint density at radius 2 is 2.10 bits per heavy atom. The second-order valence-electron chi connectivity index (χ2n) is 5.60. The van der Waals surface area contributed by atoms with Gasteiger partial charge >= 0.3 is 5.97 Å². The standard InChI is InChI=1S/C14H16FN3O2S/c1-14(2,3)9-6-21-13(18-9)17-8-5-4-7(15)11(16)10(8)12(19)20/h4-6H,16H2,1-3H3,(H,17,18)(H,19,20). The molecule has 1 heterocycles. The van der Waals surface area contributed by atoms with Gasteiger partial charge in [0.2, 0.25) is 0 Å². The molecule has 2 aromatic rings. The van der Waals surface area contributed by atoms with E-state index in [0.717, 1.165) is 11.8 Å². The Bertz CT molecular complexity index is 692. The van der Waals surface area contributed by atoms with E-state index in [1.807, 2.05) is 26.2 Å². The Hall–Kier alpha value is -2.15. The van der Waals surface area contributed by atoms with Gasteiger partial charge < -0.3 is 16.2 Å². The number of nitrogens with two attached hydrogens (primary N) is 1. The summed E-state index contributed by atoms with van der Waals surface area (Å²) >= 11 is 1.35. The van der Waals surface area contributed by atoms with Gasteiger partial charge in [-0.25, -0.2) is 14.2 Å². The minimum atomic E-state index is -1.29. The molecule has 4 N–H and O–H groups in total. The third kappa shape index (κ3) is 3.13. The van der Waals surface area contributed by atoms with Crippen LogP contribution in [0, 0.1) is 5.82 Å². The monoisotopic (exact) mass is 309 g/mol. The summed E-state index contributed by atoms with van der Waals surface area (Å²) in [5.41, 5.74) is 5.83. The molecule has 1 aromatic carbocycles. The van der Waals surface area contributed by atoms with Gasteiger partial charge in [-0.05, 0) is 12.1 Å². The number of nitrogens with zero attached hydrogens (tertiary/aromatic N) is 1. The normalized spacial score (nSPS) is 11.4. The predicted molar refractivity (Wildman–Crippen MR) is 81.9 cm³/mol. The van der Waals surface area contributed by atoms with Crippen LogP contribution in [-0.2, 0) is 5.41 Å². The van der Waals surface area contributed by atoms with Crippen molar-refractivity contribution in [2.24, 2.45) is 0 Å². The molecule has 0 unspecified atom stereocenters. The number of nitrogen functional groups attached to an aromatic ring is 1. The number of hydrogen-bond donors (Lipinski definition) is 3. The minimum Gasteiger partial charge on any atom is -0.478 e. The molecular formula is C14H16FN3O2S. The molecule has 0 atom stereocenters. The maximum Gasteiger partial charge on any atom is 0.340 e. The summed E-state index contributed by atoms with van der Waals surface area (Å²) in [4.78, 5) is 15.7. The quantitative estimate of drug-likeness (QED) is 0.754. The maximum atomic E-state index is 13.4. The Kier molecular flexibility index (Phi) is 3.87. The van der Waals surface area contributed by atoms with Gasteiger partial charge in [0.05, 0.1) is 17.1 Å². The van der Waals surface area contributed by atoms with Gasteiger partial charge in [0.1, 0.15) is 11.4 Å². The number of aromatic carboxylic acids is 1. The highest BCUT2D eigenvalue weighted by Gasteiger charge is 2.20. The lowest BCUT2D eigenvalue weighted by Crippen LogP contribution is -2.12. The lowest BCUT2D eigenvalue weighted by atomic mass is 9.93. The van der Waals surface area contributed by atoms with Gasteiger partial charge in [0.25, 0.3) is 0 Å². The Morgan fingerprint density at radius 1 is 1.43 bits per heavy atom. The number of aromatic nitrogens is 1. The zero-order valence-corrected chi connectivity index (χ0v) is 12.7. The summed E-state index contributed by atoms with van der Waals surface area (Å²) in [5.74, 6) is -2.05. The molecule has 0 saturated carbocycles. The fraction of sp³-hybridized carbons (Fsp3) is 0.286. The van der Waals surface area contributed by atoms with Crippen LogP contribution in [0.5, 0.6) is 0 Å². The molecule has 21 heavy (non-hydrogen) atoms. The lowest BCUT2D eigenvalue weighted by Gasteiger charge is -2.14. The number of carboxylic acids is 1. The zero-order chi connectivity index (χ0) is 15.8. The molecule has 0 aliphatic heterocycles. The van der Waals surface area contributed by atoms with Crippen molar-refractivity contribution in [3.05, 3.63) is 34.6 Å². The van der Waals surface area contributed by atoms with Gasteiger partial charge in [0.15, 0.2) is 5.13 Å². The molecule has 0 bridgehead atoms. The highest BCUT2D eigenvalue weighted by atomic mass is 32.1. The molecule has 0 radical (unpaired) electrons. The summed E-state index contributed by atoms with van der Waals surface area (Å²) in [6.45, 7) is 6.10. The summed E-state index contributed by atoms with van der Waals surface area (Å²) < 4.78 is 13.4. The molecule has 0 saturated heterocycles. The van der Waals surface area contributed by atoms with Crippen LogP contribution in [0.4, 0.5) is 20.9 Å². The van der Waals surface area contributed by atoms with E-state index in [-0.39, 0.29) is 22.4 Å². The molecule has 1 aromatic heterocycles. The highest BCUT2D eigenvalue weighted by Crippen LogP contribution is 2.31. The maximum absolute atomic E-state index is 13.4. The van der Waals surface area contributed by atoms with Crippen molar-refractivity contribution in [2.75, 3.05) is 11.1 Å². The first-order valence-corrected chi connectivity index (χ1v) is 7.12. The number of carboxylic acid groups (broad SMARTS) is 1. The van der Waals surface area contributed by atoms with E-state index >= 15 is 0 Å². The van der Waals surface area contributed by atoms with Crippen LogP contribution in [-0.4, -0.2) is 16.1 Å². The second kappa shape index (κ2) is 5.33.